The summed E-state index contributed by atoms with van der Waals surface area (Å²) >= 11 is 1.14. The van der Waals surface area contributed by atoms with Gasteiger partial charge in [-0.25, -0.2) is 9.78 Å². The van der Waals surface area contributed by atoms with Crippen molar-refractivity contribution in [2.24, 2.45) is 0 Å². The Labute approximate surface area is 144 Å². The summed E-state index contributed by atoms with van der Waals surface area (Å²) in [7, 11) is 2.94. The Morgan fingerprint density at radius 3 is 2.50 bits per heavy atom. The minimum atomic E-state index is -0.428. The van der Waals surface area contributed by atoms with E-state index in [4.69, 9.17) is 9.47 Å². The molecule has 1 aromatic carbocycles. The van der Waals surface area contributed by atoms with Crippen LogP contribution < -0.4 is 10.1 Å². The Bertz CT molecular complexity index is 710. The smallest absolute Gasteiger partial charge is 0.350 e. The number of ether oxygens (including phenoxy) is 2. The van der Waals surface area contributed by atoms with Gasteiger partial charge in [-0.2, -0.15) is 0 Å². The minimum absolute atomic E-state index is 0.140. The highest BCUT2D eigenvalue weighted by Gasteiger charge is 2.18. The number of hydrogen-bond acceptors (Lipinski definition) is 6. The molecule has 0 radical (unpaired) electrons. The van der Waals surface area contributed by atoms with E-state index in [9.17, 15) is 9.59 Å². The highest BCUT2D eigenvalue weighted by molar-refractivity contribution is 7.17. The van der Waals surface area contributed by atoms with Crippen LogP contribution >= 0.6 is 11.3 Å². The summed E-state index contributed by atoms with van der Waals surface area (Å²) < 4.78 is 9.83. The van der Waals surface area contributed by atoms with Gasteiger partial charge in [0.15, 0.2) is 5.13 Å². The number of hydrogen-bond donors (Lipinski definition) is 1. The first-order valence-corrected chi connectivity index (χ1v) is 8.39. The first-order valence-electron chi connectivity index (χ1n) is 7.58. The van der Waals surface area contributed by atoms with Gasteiger partial charge in [-0.3, -0.25) is 4.79 Å². The standard InChI is InChI=1S/C17H20N2O4S/c1-4-13-15(16(21)23-3)24-17(18-13)19-14(20)10-7-11-5-8-12(22-2)9-6-11/h5-6,8-9H,4,7,10H2,1-3H3,(H,18,19,20). The van der Waals surface area contributed by atoms with Crippen molar-refractivity contribution in [3.8, 4) is 5.75 Å². The van der Waals surface area contributed by atoms with E-state index in [-0.39, 0.29) is 5.91 Å². The third-order valence-electron chi connectivity index (χ3n) is 3.45. The number of aryl methyl sites for hydroxylation is 2. The van der Waals surface area contributed by atoms with E-state index in [1.54, 1.807) is 7.11 Å². The highest BCUT2D eigenvalue weighted by Crippen LogP contribution is 2.24. The molecule has 0 saturated carbocycles. The molecule has 24 heavy (non-hydrogen) atoms. The lowest BCUT2D eigenvalue weighted by atomic mass is 10.1. The van der Waals surface area contributed by atoms with Gasteiger partial charge >= 0.3 is 5.97 Å². The number of nitrogens with zero attached hydrogens (tertiary/aromatic N) is 1. The van der Waals surface area contributed by atoms with Crippen LogP contribution in [0.2, 0.25) is 0 Å². The monoisotopic (exact) mass is 348 g/mol. The fourth-order valence-electron chi connectivity index (χ4n) is 2.13. The Morgan fingerprint density at radius 2 is 1.92 bits per heavy atom. The Balaban J connectivity index is 1.94. The molecule has 128 valence electrons. The lowest BCUT2D eigenvalue weighted by Crippen LogP contribution is -2.12. The average molecular weight is 348 g/mol. The number of nitrogens with one attached hydrogen (secondary N) is 1. The number of rotatable bonds is 7. The maximum absolute atomic E-state index is 12.1. The average Bonchev–Trinajstić information content (AvgIpc) is 3.02. The lowest BCUT2D eigenvalue weighted by Gasteiger charge is -2.04. The topological polar surface area (TPSA) is 77.5 Å². The predicted octanol–water partition coefficient (Wildman–Crippen LogP) is 3.07. The van der Waals surface area contributed by atoms with Gasteiger partial charge in [0.1, 0.15) is 10.6 Å². The summed E-state index contributed by atoms with van der Waals surface area (Å²) in [6.45, 7) is 1.90. The summed E-state index contributed by atoms with van der Waals surface area (Å²) in [5, 5.41) is 3.17. The molecule has 2 rings (SSSR count). The number of anilines is 1. The van der Waals surface area contributed by atoms with Crippen LogP contribution in [-0.4, -0.2) is 31.1 Å². The Morgan fingerprint density at radius 1 is 1.21 bits per heavy atom. The quantitative estimate of drug-likeness (QED) is 0.778. The number of aromatic nitrogens is 1. The maximum atomic E-state index is 12.1. The van der Waals surface area contributed by atoms with Crippen LogP contribution in [-0.2, 0) is 22.4 Å². The van der Waals surface area contributed by atoms with Crippen LogP contribution in [0.25, 0.3) is 0 Å². The number of carbonyl (C=O) groups excluding carboxylic acids is 2. The number of esters is 1. The van der Waals surface area contributed by atoms with E-state index >= 15 is 0 Å². The van der Waals surface area contributed by atoms with Crippen molar-refractivity contribution in [1.82, 2.24) is 4.98 Å². The van der Waals surface area contributed by atoms with E-state index < -0.39 is 5.97 Å². The molecule has 1 N–H and O–H groups in total. The highest BCUT2D eigenvalue weighted by atomic mass is 32.1. The van der Waals surface area contributed by atoms with Gasteiger partial charge in [-0.1, -0.05) is 30.4 Å². The second-order valence-electron chi connectivity index (χ2n) is 5.04. The molecule has 0 bridgehead atoms. The van der Waals surface area contributed by atoms with Crippen molar-refractivity contribution >= 4 is 28.3 Å². The second-order valence-corrected chi connectivity index (χ2v) is 6.04. The Kier molecular flexibility index (Phi) is 6.31. The third-order valence-corrected chi connectivity index (χ3v) is 4.44. The van der Waals surface area contributed by atoms with Gasteiger partial charge in [0.05, 0.1) is 19.9 Å². The van der Waals surface area contributed by atoms with E-state index in [0.29, 0.717) is 35.0 Å². The molecular weight excluding hydrogens is 328 g/mol. The molecule has 0 saturated heterocycles. The van der Waals surface area contributed by atoms with Gasteiger partial charge in [-0.15, -0.1) is 0 Å². The molecule has 0 aliphatic heterocycles. The lowest BCUT2D eigenvalue weighted by molar-refractivity contribution is -0.116. The largest absolute Gasteiger partial charge is 0.497 e. The molecular formula is C17H20N2O4S. The van der Waals surface area contributed by atoms with Gasteiger partial charge in [-0.05, 0) is 30.5 Å². The summed E-state index contributed by atoms with van der Waals surface area (Å²) in [5.74, 6) is 0.218. The van der Waals surface area contributed by atoms with E-state index in [0.717, 1.165) is 22.6 Å². The Hall–Kier alpha value is -2.41. The minimum Gasteiger partial charge on any atom is -0.497 e. The first-order chi connectivity index (χ1) is 11.6. The normalized spacial score (nSPS) is 10.3. The fraction of sp³-hybridized carbons (Fsp3) is 0.353. The van der Waals surface area contributed by atoms with Crippen molar-refractivity contribution in [3.05, 3.63) is 40.4 Å². The van der Waals surface area contributed by atoms with Crippen molar-refractivity contribution in [1.29, 1.82) is 0 Å². The van der Waals surface area contributed by atoms with Crippen molar-refractivity contribution in [2.45, 2.75) is 26.2 Å². The molecule has 2 aromatic rings. The van der Waals surface area contributed by atoms with Crippen LogP contribution in [0.1, 0.15) is 34.3 Å². The van der Waals surface area contributed by atoms with Gasteiger partial charge < -0.3 is 14.8 Å². The summed E-state index contributed by atoms with van der Waals surface area (Å²) in [5.41, 5.74) is 1.69. The number of methoxy groups -OCH3 is 2. The van der Waals surface area contributed by atoms with Crippen LogP contribution in [0.4, 0.5) is 5.13 Å². The number of amides is 1. The molecule has 0 fully saturated rings. The van der Waals surface area contributed by atoms with E-state index in [1.807, 2.05) is 31.2 Å². The van der Waals surface area contributed by atoms with Gasteiger partial charge in [0.25, 0.3) is 0 Å². The van der Waals surface area contributed by atoms with E-state index in [2.05, 4.69) is 10.3 Å². The SMILES string of the molecule is CCc1nc(NC(=O)CCc2ccc(OC)cc2)sc1C(=O)OC. The fourth-order valence-corrected chi connectivity index (χ4v) is 3.12. The van der Waals surface area contributed by atoms with Crippen LogP contribution in [0.15, 0.2) is 24.3 Å². The summed E-state index contributed by atoms with van der Waals surface area (Å²) in [6.07, 6.45) is 1.55. The second kappa shape index (κ2) is 8.44. The van der Waals surface area contributed by atoms with Crippen LogP contribution in [0.3, 0.4) is 0 Å². The number of carbonyl (C=O) groups is 2. The van der Waals surface area contributed by atoms with Crippen molar-refractivity contribution in [3.63, 3.8) is 0 Å². The van der Waals surface area contributed by atoms with Crippen LogP contribution in [0.5, 0.6) is 5.75 Å². The van der Waals surface area contributed by atoms with Crippen molar-refractivity contribution < 1.29 is 19.1 Å². The molecule has 0 aliphatic rings. The van der Waals surface area contributed by atoms with Gasteiger partial charge in [0.2, 0.25) is 5.91 Å². The molecule has 6 nitrogen and oxygen atoms in total. The maximum Gasteiger partial charge on any atom is 0.350 e. The van der Waals surface area contributed by atoms with E-state index in [1.165, 1.54) is 7.11 Å². The zero-order valence-corrected chi connectivity index (χ0v) is 14.7. The molecule has 7 heteroatoms. The molecule has 1 heterocycles. The van der Waals surface area contributed by atoms with Crippen molar-refractivity contribution in [2.75, 3.05) is 19.5 Å². The molecule has 0 spiro atoms. The molecule has 1 amide bonds. The molecule has 0 aliphatic carbocycles. The molecule has 0 atom stereocenters. The predicted molar refractivity (Wildman–Crippen MR) is 92.8 cm³/mol. The summed E-state index contributed by atoms with van der Waals surface area (Å²) in [4.78, 5) is 28.5. The molecule has 1 aromatic heterocycles. The van der Waals surface area contributed by atoms with Crippen LogP contribution in [0, 0.1) is 0 Å². The zero-order chi connectivity index (χ0) is 17.5. The molecule has 0 unspecified atom stereocenters. The third kappa shape index (κ3) is 4.55. The van der Waals surface area contributed by atoms with Gasteiger partial charge in [0, 0.05) is 6.42 Å². The summed E-state index contributed by atoms with van der Waals surface area (Å²) in [6, 6.07) is 7.59. The number of benzene rings is 1. The number of thiazole rings is 1. The zero-order valence-electron chi connectivity index (χ0n) is 13.9. The first kappa shape index (κ1) is 17.9.